The summed E-state index contributed by atoms with van der Waals surface area (Å²) in [6.45, 7) is 10.1. The molecule has 3 aromatic rings. The smallest absolute Gasteiger partial charge is 0.255 e. The SMILES string of the molecule is C=CCN(c1ccc(C(=O)Nc2cccc(NC(=O)c3ccc(C(C)(C)C)cc3)c2)cc1)S(C)(=O)=O. The van der Waals surface area contributed by atoms with Crippen LogP contribution in [-0.4, -0.2) is 33.0 Å². The number of hydrogen-bond donors (Lipinski definition) is 2. The summed E-state index contributed by atoms with van der Waals surface area (Å²) in [6, 6.07) is 20.6. The third-order valence-corrected chi connectivity index (χ3v) is 6.66. The van der Waals surface area contributed by atoms with Crippen LogP contribution in [0.2, 0.25) is 0 Å². The molecule has 0 saturated carbocycles. The van der Waals surface area contributed by atoms with Crippen molar-refractivity contribution in [2.75, 3.05) is 27.7 Å². The molecule has 0 aromatic heterocycles. The van der Waals surface area contributed by atoms with Crippen molar-refractivity contribution >= 4 is 38.9 Å². The molecule has 2 N–H and O–H groups in total. The van der Waals surface area contributed by atoms with E-state index < -0.39 is 10.0 Å². The van der Waals surface area contributed by atoms with Gasteiger partial charge in [-0.2, -0.15) is 0 Å². The van der Waals surface area contributed by atoms with E-state index in [4.69, 9.17) is 0 Å². The summed E-state index contributed by atoms with van der Waals surface area (Å²) in [5, 5.41) is 5.66. The molecule has 0 heterocycles. The lowest BCUT2D eigenvalue weighted by Crippen LogP contribution is -2.29. The molecular formula is C28H31N3O4S. The van der Waals surface area contributed by atoms with E-state index in [1.165, 1.54) is 10.4 Å². The Morgan fingerprint density at radius 1 is 0.861 bits per heavy atom. The van der Waals surface area contributed by atoms with E-state index in [1.54, 1.807) is 60.7 Å². The topological polar surface area (TPSA) is 95.6 Å². The van der Waals surface area contributed by atoms with Crippen molar-refractivity contribution in [3.63, 3.8) is 0 Å². The van der Waals surface area contributed by atoms with E-state index in [-0.39, 0.29) is 23.8 Å². The second kappa shape index (κ2) is 10.8. The zero-order valence-corrected chi connectivity index (χ0v) is 21.7. The molecule has 0 atom stereocenters. The number of sulfonamides is 1. The van der Waals surface area contributed by atoms with E-state index in [9.17, 15) is 18.0 Å². The minimum absolute atomic E-state index is 0.000540. The Morgan fingerprint density at radius 3 is 1.75 bits per heavy atom. The Labute approximate surface area is 212 Å². The lowest BCUT2D eigenvalue weighted by atomic mass is 9.87. The molecule has 188 valence electrons. The summed E-state index contributed by atoms with van der Waals surface area (Å²) in [4.78, 5) is 25.4. The van der Waals surface area contributed by atoms with Gasteiger partial charge in [0.25, 0.3) is 11.8 Å². The lowest BCUT2D eigenvalue weighted by Gasteiger charge is -2.20. The van der Waals surface area contributed by atoms with Gasteiger partial charge in [0.2, 0.25) is 10.0 Å². The zero-order valence-electron chi connectivity index (χ0n) is 20.9. The van der Waals surface area contributed by atoms with Gasteiger partial charge in [-0.05, 0) is 65.6 Å². The van der Waals surface area contributed by atoms with Gasteiger partial charge in [0.15, 0.2) is 0 Å². The summed E-state index contributed by atoms with van der Waals surface area (Å²) in [7, 11) is -3.48. The fraction of sp³-hybridized carbons (Fsp3) is 0.214. The molecule has 7 nitrogen and oxygen atoms in total. The second-order valence-corrected chi connectivity index (χ2v) is 11.4. The number of rotatable bonds is 8. The van der Waals surface area contributed by atoms with Gasteiger partial charge < -0.3 is 10.6 Å². The molecule has 0 saturated heterocycles. The number of amides is 2. The highest BCUT2D eigenvalue weighted by atomic mass is 32.2. The van der Waals surface area contributed by atoms with Gasteiger partial charge in [-0.15, -0.1) is 6.58 Å². The standard InChI is InChI=1S/C28H31N3O4S/c1-6-18-31(36(5,34)35)25-16-12-21(13-17-25)27(33)30-24-9-7-8-23(19-24)29-26(32)20-10-14-22(15-11-20)28(2,3)4/h6-17,19H,1,18H2,2-5H3,(H,29,32)(H,30,33). The summed E-state index contributed by atoms with van der Waals surface area (Å²) in [5.41, 5.74) is 3.53. The van der Waals surface area contributed by atoms with Crippen molar-refractivity contribution in [1.82, 2.24) is 0 Å². The highest BCUT2D eigenvalue weighted by Gasteiger charge is 2.17. The van der Waals surface area contributed by atoms with E-state index in [1.807, 2.05) is 12.1 Å². The molecule has 0 aliphatic heterocycles. The average Bonchev–Trinajstić information content (AvgIpc) is 2.81. The third kappa shape index (κ3) is 6.82. The summed E-state index contributed by atoms with van der Waals surface area (Å²) in [6.07, 6.45) is 2.61. The van der Waals surface area contributed by atoms with E-state index in [0.29, 0.717) is 28.2 Å². The van der Waals surface area contributed by atoms with Crippen LogP contribution in [0, 0.1) is 0 Å². The normalized spacial score (nSPS) is 11.4. The van der Waals surface area contributed by atoms with Gasteiger partial charge in [0, 0.05) is 22.5 Å². The maximum atomic E-state index is 12.7. The molecule has 2 amide bonds. The molecule has 0 aliphatic rings. The molecule has 0 spiro atoms. The van der Waals surface area contributed by atoms with Crippen LogP contribution in [-0.2, 0) is 15.4 Å². The Bertz CT molecular complexity index is 1360. The van der Waals surface area contributed by atoms with Gasteiger partial charge in [-0.3, -0.25) is 13.9 Å². The van der Waals surface area contributed by atoms with Crippen LogP contribution in [0.1, 0.15) is 47.1 Å². The van der Waals surface area contributed by atoms with Crippen LogP contribution in [0.5, 0.6) is 0 Å². The number of carbonyl (C=O) groups excluding carboxylic acids is 2. The van der Waals surface area contributed by atoms with Crippen LogP contribution < -0.4 is 14.9 Å². The van der Waals surface area contributed by atoms with Crippen molar-refractivity contribution in [2.24, 2.45) is 0 Å². The van der Waals surface area contributed by atoms with Gasteiger partial charge >= 0.3 is 0 Å². The van der Waals surface area contributed by atoms with E-state index in [2.05, 4.69) is 38.0 Å². The quantitative estimate of drug-likeness (QED) is 0.399. The highest BCUT2D eigenvalue weighted by Crippen LogP contribution is 2.23. The molecular weight excluding hydrogens is 474 g/mol. The first-order chi connectivity index (χ1) is 16.9. The van der Waals surface area contributed by atoms with Crippen LogP contribution in [0.25, 0.3) is 0 Å². The van der Waals surface area contributed by atoms with Crippen molar-refractivity contribution in [3.8, 4) is 0 Å². The van der Waals surface area contributed by atoms with Gasteiger partial charge in [0.1, 0.15) is 0 Å². The average molecular weight is 506 g/mol. The Balaban J connectivity index is 1.68. The summed E-state index contributed by atoms with van der Waals surface area (Å²) < 4.78 is 25.2. The van der Waals surface area contributed by atoms with Crippen LogP contribution >= 0.6 is 0 Å². The molecule has 0 radical (unpaired) electrons. The van der Waals surface area contributed by atoms with Gasteiger partial charge in [0.05, 0.1) is 18.5 Å². The van der Waals surface area contributed by atoms with Crippen LogP contribution in [0.3, 0.4) is 0 Å². The number of carbonyl (C=O) groups is 2. The van der Waals surface area contributed by atoms with Crippen molar-refractivity contribution in [3.05, 3.63) is 102 Å². The van der Waals surface area contributed by atoms with Crippen LogP contribution in [0.15, 0.2) is 85.5 Å². The van der Waals surface area contributed by atoms with Crippen LogP contribution in [0.4, 0.5) is 17.1 Å². The minimum atomic E-state index is -3.48. The second-order valence-electron chi connectivity index (χ2n) is 9.45. The van der Waals surface area contributed by atoms with E-state index >= 15 is 0 Å². The largest absolute Gasteiger partial charge is 0.322 e. The number of nitrogens with one attached hydrogen (secondary N) is 2. The summed E-state index contributed by atoms with van der Waals surface area (Å²) >= 11 is 0. The molecule has 36 heavy (non-hydrogen) atoms. The molecule has 0 fully saturated rings. The summed E-state index contributed by atoms with van der Waals surface area (Å²) in [5.74, 6) is -0.609. The van der Waals surface area contributed by atoms with Crippen molar-refractivity contribution in [1.29, 1.82) is 0 Å². The number of hydrogen-bond acceptors (Lipinski definition) is 4. The Hall–Kier alpha value is -3.91. The number of anilines is 3. The molecule has 0 bridgehead atoms. The molecule has 0 unspecified atom stereocenters. The zero-order chi connectivity index (χ0) is 26.5. The monoisotopic (exact) mass is 505 g/mol. The fourth-order valence-electron chi connectivity index (χ4n) is 3.53. The van der Waals surface area contributed by atoms with Crippen molar-refractivity contribution < 1.29 is 18.0 Å². The lowest BCUT2D eigenvalue weighted by molar-refractivity contribution is 0.101. The number of benzene rings is 3. The molecule has 0 aliphatic carbocycles. The van der Waals surface area contributed by atoms with E-state index in [0.717, 1.165) is 11.8 Å². The molecule has 3 rings (SSSR count). The first-order valence-electron chi connectivity index (χ1n) is 11.4. The van der Waals surface area contributed by atoms with Gasteiger partial charge in [-0.25, -0.2) is 8.42 Å². The first kappa shape index (κ1) is 26.7. The first-order valence-corrected chi connectivity index (χ1v) is 13.3. The van der Waals surface area contributed by atoms with Crippen molar-refractivity contribution in [2.45, 2.75) is 26.2 Å². The predicted molar refractivity (Wildman–Crippen MR) is 146 cm³/mol. The highest BCUT2D eigenvalue weighted by molar-refractivity contribution is 7.92. The number of nitrogens with zero attached hydrogens (tertiary/aromatic N) is 1. The maximum absolute atomic E-state index is 12.7. The molecule has 3 aromatic carbocycles. The Kier molecular flexibility index (Phi) is 8.00. The minimum Gasteiger partial charge on any atom is -0.322 e. The van der Waals surface area contributed by atoms with Gasteiger partial charge in [-0.1, -0.05) is 45.0 Å². The maximum Gasteiger partial charge on any atom is 0.255 e. The predicted octanol–water partition coefficient (Wildman–Crippen LogP) is 5.44. The Morgan fingerprint density at radius 2 is 1.33 bits per heavy atom. The third-order valence-electron chi connectivity index (χ3n) is 5.50. The fourth-order valence-corrected chi connectivity index (χ4v) is 4.41. The molecule has 8 heteroatoms.